The van der Waals surface area contributed by atoms with Crippen LogP contribution in [0.1, 0.15) is 12.8 Å². The minimum absolute atomic E-state index is 0.456. The maximum absolute atomic E-state index is 4.51. The molecule has 1 saturated heterocycles. The number of thiazole rings is 1. The minimum atomic E-state index is 0.456. The second kappa shape index (κ2) is 5.46. The minimum Gasteiger partial charge on any atom is -0.380 e. The molecule has 1 unspecified atom stereocenters. The van der Waals surface area contributed by atoms with E-state index in [-0.39, 0.29) is 0 Å². The number of anilines is 1. The molecule has 0 aliphatic carbocycles. The van der Waals surface area contributed by atoms with Gasteiger partial charge in [0.15, 0.2) is 0 Å². The SMILES string of the molecule is c1csc(-c2cnc3[nH]ccc3c2NC2CCCNC2)n1. The Morgan fingerprint density at radius 1 is 1.33 bits per heavy atom. The van der Waals surface area contributed by atoms with Gasteiger partial charge in [-0.3, -0.25) is 0 Å². The van der Waals surface area contributed by atoms with Crippen molar-refractivity contribution in [1.82, 2.24) is 20.3 Å². The molecule has 3 N–H and O–H groups in total. The van der Waals surface area contributed by atoms with Crippen molar-refractivity contribution >= 4 is 28.1 Å². The van der Waals surface area contributed by atoms with Crippen LogP contribution in [0.5, 0.6) is 0 Å². The Bertz CT molecular complexity index is 728. The van der Waals surface area contributed by atoms with Crippen molar-refractivity contribution in [2.24, 2.45) is 0 Å². The Hall–Kier alpha value is -1.92. The molecule has 4 heterocycles. The number of aromatic nitrogens is 3. The van der Waals surface area contributed by atoms with Gasteiger partial charge >= 0.3 is 0 Å². The lowest BCUT2D eigenvalue weighted by atomic mass is 10.1. The van der Waals surface area contributed by atoms with E-state index in [0.717, 1.165) is 40.4 Å². The van der Waals surface area contributed by atoms with E-state index < -0.39 is 0 Å². The highest BCUT2D eigenvalue weighted by Crippen LogP contribution is 2.35. The number of nitrogens with zero attached hydrogens (tertiary/aromatic N) is 2. The first-order valence-electron chi connectivity index (χ1n) is 7.25. The molecule has 0 saturated carbocycles. The third-order valence-corrected chi connectivity index (χ3v) is 4.70. The quantitative estimate of drug-likeness (QED) is 0.696. The molecule has 5 nitrogen and oxygen atoms in total. The fourth-order valence-corrected chi connectivity index (χ4v) is 3.52. The predicted molar refractivity (Wildman–Crippen MR) is 86.7 cm³/mol. The van der Waals surface area contributed by atoms with E-state index in [1.54, 1.807) is 11.3 Å². The summed E-state index contributed by atoms with van der Waals surface area (Å²) in [6, 6.07) is 2.54. The molecule has 3 aromatic heterocycles. The van der Waals surface area contributed by atoms with E-state index >= 15 is 0 Å². The van der Waals surface area contributed by atoms with Gasteiger partial charge in [-0.1, -0.05) is 0 Å². The molecular weight excluding hydrogens is 282 g/mol. The molecule has 0 amide bonds. The van der Waals surface area contributed by atoms with Crippen LogP contribution >= 0.6 is 11.3 Å². The normalized spacial score (nSPS) is 19.0. The Balaban J connectivity index is 1.79. The van der Waals surface area contributed by atoms with Gasteiger partial charge in [0.25, 0.3) is 0 Å². The van der Waals surface area contributed by atoms with Gasteiger partial charge in [-0.25, -0.2) is 9.97 Å². The number of rotatable bonds is 3. The first kappa shape index (κ1) is 12.8. The van der Waals surface area contributed by atoms with Crippen molar-refractivity contribution < 1.29 is 0 Å². The van der Waals surface area contributed by atoms with Crippen LogP contribution in [0.3, 0.4) is 0 Å². The van der Waals surface area contributed by atoms with Crippen LogP contribution in [0.15, 0.2) is 30.0 Å². The summed E-state index contributed by atoms with van der Waals surface area (Å²) in [5, 5.41) is 11.3. The number of piperidine rings is 1. The smallest absolute Gasteiger partial charge is 0.139 e. The van der Waals surface area contributed by atoms with Gasteiger partial charge in [0, 0.05) is 41.9 Å². The Kier molecular flexibility index (Phi) is 3.33. The fourth-order valence-electron chi connectivity index (χ4n) is 2.86. The highest BCUT2D eigenvalue weighted by atomic mass is 32.1. The molecule has 1 fully saturated rings. The zero-order valence-electron chi connectivity index (χ0n) is 11.6. The molecule has 1 aliphatic heterocycles. The summed E-state index contributed by atoms with van der Waals surface area (Å²) in [5.74, 6) is 0. The highest BCUT2D eigenvalue weighted by molar-refractivity contribution is 7.13. The van der Waals surface area contributed by atoms with Gasteiger partial charge in [0.2, 0.25) is 0 Å². The van der Waals surface area contributed by atoms with Gasteiger partial charge < -0.3 is 15.6 Å². The third-order valence-electron chi connectivity index (χ3n) is 3.89. The lowest BCUT2D eigenvalue weighted by molar-refractivity contribution is 0.480. The first-order chi connectivity index (χ1) is 10.4. The highest BCUT2D eigenvalue weighted by Gasteiger charge is 2.18. The molecule has 0 spiro atoms. The zero-order valence-corrected chi connectivity index (χ0v) is 12.4. The number of aromatic amines is 1. The number of hydrogen-bond acceptors (Lipinski definition) is 5. The van der Waals surface area contributed by atoms with Crippen molar-refractivity contribution in [1.29, 1.82) is 0 Å². The topological polar surface area (TPSA) is 65.6 Å². The summed E-state index contributed by atoms with van der Waals surface area (Å²) in [6.07, 6.45) is 8.10. The molecule has 1 atom stereocenters. The number of H-pyrrole nitrogens is 1. The molecule has 21 heavy (non-hydrogen) atoms. The van der Waals surface area contributed by atoms with Crippen molar-refractivity contribution in [2.45, 2.75) is 18.9 Å². The van der Waals surface area contributed by atoms with Gasteiger partial charge in [0.1, 0.15) is 10.7 Å². The maximum atomic E-state index is 4.51. The van der Waals surface area contributed by atoms with Gasteiger partial charge in [0.05, 0.1) is 11.3 Å². The van der Waals surface area contributed by atoms with Crippen molar-refractivity contribution in [3.8, 4) is 10.6 Å². The summed E-state index contributed by atoms with van der Waals surface area (Å²) in [4.78, 5) is 12.1. The van der Waals surface area contributed by atoms with Crippen LogP contribution in [0, 0.1) is 0 Å². The van der Waals surface area contributed by atoms with E-state index in [1.165, 1.54) is 12.8 Å². The van der Waals surface area contributed by atoms with Crippen molar-refractivity contribution in [3.63, 3.8) is 0 Å². The first-order valence-corrected chi connectivity index (χ1v) is 8.13. The predicted octanol–water partition coefficient (Wildman–Crippen LogP) is 2.85. The van der Waals surface area contributed by atoms with E-state index in [2.05, 4.69) is 31.7 Å². The number of nitrogens with one attached hydrogen (secondary N) is 3. The van der Waals surface area contributed by atoms with E-state index in [9.17, 15) is 0 Å². The van der Waals surface area contributed by atoms with Crippen LogP contribution in [0.25, 0.3) is 21.6 Å². The summed E-state index contributed by atoms with van der Waals surface area (Å²) in [7, 11) is 0. The summed E-state index contributed by atoms with van der Waals surface area (Å²) in [6.45, 7) is 2.12. The lowest BCUT2D eigenvalue weighted by Gasteiger charge is -2.26. The second-order valence-corrected chi connectivity index (χ2v) is 6.21. The van der Waals surface area contributed by atoms with E-state index in [1.807, 2.05) is 24.0 Å². The molecule has 3 aromatic rings. The Labute approximate surface area is 126 Å². The standard InChI is InChI=1S/C15H17N5S/c1-2-10(8-16-4-1)20-13-11-3-5-17-14(11)19-9-12(13)15-18-6-7-21-15/h3,5-7,9-10,16H,1-2,4,8H2,(H2,17,19,20). The number of fused-ring (bicyclic) bond motifs is 1. The molecule has 0 bridgehead atoms. The summed E-state index contributed by atoms with van der Waals surface area (Å²) < 4.78 is 0. The summed E-state index contributed by atoms with van der Waals surface area (Å²) in [5.41, 5.74) is 3.15. The van der Waals surface area contributed by atoms with Crippen LogP contribution < -0.4 is 10.6 Å². The zero-order chi connectivity index (χ0) is 14.1. The van der Waals surface area contributed by atoms with Crippen LogP contribution in [-0.2, 0) is 0 Å². The fraction of sp³-hybridized carbons (Fsp3) is 0.333. The molecule has 4 rings (SSSR count). The molecule has 0 radical (unpaired) electrons. The summed E-state index contributed by atoms with van der Waals surface area (Å²) >= 11 is 1.65. The molecular formula is C15H17N5S. The van der Waals surface area contributed by atoms with Crippen LogP contribution in [0.4, 0.5) is 5.69 Å². The van der Waals surface area contributed by atoms with E-state index in [0.29, 0.717) is 6.04 Å². The Morgan fingerprint density at radius 2 is 2.33 bits per heavy atom. The van der Waals surface area contributed by atoms with Crippen molar-refractivity contribution in [3.05, 3.63) is 30.0 Å². The third kappa shape index (κ3) is 2.41. The van der Waals surface area contributed by atoms with Crippen LogP contribution in [-0.4, -0.2) is 34.1 Å². The maximum Gasteiger partial charge on any atom is 0.139 e. The molecule has 108 valence electrons. The average Bonchev–Trinajstić information content (AvgIpc) is 3.20. The van der Waals surface area contributed by atoms with Gasteiger partial charge in [-0.2, -0.15) is 0 Å². The Morgan fingerprint density at radius 3 is 3.14 bits per heavy atom. The molecule has 6 heteroatoms. The second-order valence-electron chi connectivity index (χ2n) is 5.31. The van der Waals surface area contributed by atoms with Crippen molar-refractivity contribution in [2.75, 3.05) is 18.4 Å². The monoisotopic (exact) mass is 299 g/mol. The van der Waals surface area contributed by atoms with Crippen LogP contribution in [0.2, 0.25) is 0 Å². The van der Waals surface area contributed by atoms with E-state index in [4.69, 9.17) is 0 Å². The number of pyridine rings is 1. The number of hydrogen-bond donors (Lipinski definition) is 3. The largest absolute Gasteiger partial charge is 0.380 e. The molecule has 0 aromatic carbocycles. The lowest BCUT2D eigenvalue weighted by Crippen LogP contribution is -2.38. The molecule has 1 aliphatic rings. The average molecular weight is 299 g/mol. The van der Waals surface area contributed by atoms with Gasteiger partial charge in [-0.05, 0) is 25.5 Å². The van der Waals surface area contributed by atoms with Gasteiger partial charge in [-0.15, -0.1) is 11.3 Å².